The highest BCUT2D eigenvalue weighted by Gasteiger charge is 2.10. The van der Waals surface area contributed by atoms with Crippen LogP contribution in [0.25, 0.3) is 0 Å². The molecule has 0 saturated carbocycles. The van der Waals surface area contributed by atoms with Crippen molar-refractivity contribution in [1.82, 2.24) is 0 Å². The van der Waals surface area contributed by atoms with Crippen molar-refractivity contribution in [3.8, 4) is 0 Å². The van der Waals surface area contributed by atoms with E-state index >= 15 is 0 Å². The van der Waals surface area contributed by atoms with Gasteiger partial charge in [0.25, 0.3) is 0 Å². The summed E-state index contributed by atoms with van der Waals surface area (Å²) in [7, 11) is -0.203. The summed E-state index contributed by atoms with van der Waals surface area (Å²) in [6.45, 7) is 2.15. The van der Waals surface area contributed by atoms with E-state index in [-0.39, 0.29) is 16.5 Å². The normalized spacial score (nSPS) is 12.5. The molecular weight excluding hydrogens is 188 g/mol. The lowest BCUT2D eigenvalue weighted by atomic mass is 10.3. The Labute approximate surface area is 79.6 Å². The Morgan fingerprint density at radius 2 is 2.46 bits per heavy atom. The van der Waals surface area contributed by atoms with Gasteiger partial charge in [0.1, 0.15) is 6.26 Å². The van der Waals surface area contributed by atoms with Crippen molar-refractivity contribution in [1.29, 1.82) is 0 Å². The Bertz CT molecular complexity index is 327. The molecule has 0 amide bonds. The van der Waals surface area contributed by atoms with Gasteiger partial charge in [-0.15, -0.1) is 10.5 Å². The van der Waals surface area contributed by atoms with Gasteiger partial charge in [-0.3, -0.25) is 0 Å². The summed E-state index contributed by atoms with van der Waals surface area (Å²) in [5.74, 6) is 3.46. The fourth-order valence-corrected chi connectivity index (χ4v) is 1.36. The summed E-state index contributed by atoms with van der Waals surface area (Å²) < 4.78 is 9.95. The van der Waals surface area contributed by atoms with Crippen molar-refractivity contribution in [3.05, 3.63) is 17.9 Å². The molecule has 13 heavy (non-hydrogen) atoms. The Morgan fingerprint density at radius 3 is 2.92 bits per heavy atom. The summed E-state index contributed by atoms with van der Waals surface area (Å²) in [6, 6.07) is 1.67. The zero-order chi connectivity index (χ0) is 9.84. The minimum absolute atomic E-state index is 0.203. The van der Waals surface area contributed by atoms with E-state index in [1.807, 2.05) is 6.26 Å². The van der Waals surface area contributed by atoms with E-state index in [0.29, 0.717) is 12.2 Å². The smallest absolute Gasteiger partial charge is 0.341 e. The molecule has 1 unspecified atom stereocenters. The lowest BCUT2D eigenvalue weighted by Gasteiger charge is -1.95. The molecule has 0 radical (unpaired) electrons. The first-order chi connectivity index (χ1) is 6.15. The maximum Gasteiger partial charge on any atom is 0.341 e. The van der Waals surface area contributed by atoms with Gasteiger partial charge in [-0.1, -0.05) is 5.87 Å². The molecule has 0 saturated heterocycles. The minimum Gasteiger partial charge on any atom is -0.462 e. The fourth-order valence-electron chi connectivity index (χ4n) is 0.821. The summed E-state index contributed by atoms with van der Waals surface area (Å²) in [5.41, 5.74) is 0.458. The summed E-state index contributed by atoms with van der Waals surface area (Å²) in [4.78, 5) is 11.2. The average Bonchev–Trinajstić information content (AvgIpc) is 2.52. The molecule has 4 heteroatoms. The van der Waals surface area contributed by atoms with Crippen LogP contribution in [-0.2, 0) is 4.74 Å². The molecule has 1 aromatic rings. The van der Waals surface area contributed by atoms with Crippen molar-refractivity contribution in [2.24, 2.45) is 0 Å². The molecule has 1 heterocycles. The molecule has 0 spiro atoms. The maximum absolute atomic E-state index is 11.2. The van der Waals surface area contributed by atoms with Crippen molar-refractivity contribution in [2.45, 2.75) is 12.0 Å². The molecule has 0 aliphatic rings. The van der Waals surface area contributed by atoms with Crippen LogP contribution in [0.4, 0.5) is 0 Å². The zero-order valence-electron chi connectivity index (χ0n) is 7.70. The number of furan rings is 1. The van der Waals surface area contributed by atoms with Gasteiger partial charge in [0.05, 0.1) is 12.2 Å². The van der Waals surface area contributed by atoms with Gasteiger partial charge in [0.15, 0.2) is 5.09 Å². The van der Waals surface area contributed by atoms with Gasteiger partial charge in [0, 0.05) is 6.07 Å². The second kappa shape index (κ2) is 4.28. The number of ether oxygens (including phenoxy) is 1. The van der Waals surface area contributed by atoms with Crippen LogP contribution in [0.2, 0.25) is 0 Å². The van der Waals surface area contributed by atoms with Crippen LogP contribution in [0.1, 0.15) is 17.3 Å². The highest BCUT2D eigenvalue weighted by molar-refractivity contribution is 8.13. The second-order valence-electron chi connectivity index (χ2n) is 2.51. The molecule has 1 rings (SSSR count). The van der Waals surface area contributed by atoms with Crippen LogP contribution in [0, 0.1) is 0 Å². The highest BCUT2D eigenvalue weighted by atomic mass is 32.2. The minimum atomic E-state index is -0.344. The monoisotopic (exact) mass is 200 g/mol. The summed E-state index contributed by atoms with van der Waals surface area (Å²) in [6.07, 6.45) is 3.33. The Morgan fingerprint density at radius 1 is 1.77 bits per heavy atom. The van der Waals surface area contributed by atoms with E-state index in [9.17, 15) is 4.79 Å². The average molecular weight is 200 g/mol. The predicted molar refractivity (Wildman–Crippen MR) is 53.6 cm³/mol. The number of hydrogen-bond acceptors (Lipinski definition) is 3. The molecule has 72 valence electrons. The van der Waals surface area contributed by atoms with Gasteiger partial charge < -0.3 is 9.15 Å². The summed E-state index contributed by atoms with van der Waals surface area (Å²) >= 11 is 0. The maximum atomic E-state index is 11.2. The fraction of sp³-hybridized carbons (Fsp3) is 0.333. The van der Waals surface area contributed by atoms with E-state index in [0.717, 1.165) is 5.09 Å². The molecule has 1 aromatic heterocycles. The lowest BCUT2D eigenvalue weighted by Crippen LogP contribution is -2.02. The third kappa shape index (κ3) is 2.45. The van der Waals surface area contributed by atoms with Gasteiger partial charge in [0.2, 0.25) is 0 Å². The molecule has 0 aliphatic carbocycles. The number of carbonyl (C=O) groups excluding carboxylic acids is 1. The van der Waals surface area contributed by atoms with Crippen molar-refractivity contribution in [2.75, 3.05) is 12.9 Å². The lowest BCUT2D eigenvalue weighted by molar-refractivity contribution is 0.0525. The van der Waals surface area contributed by atoms with Crippen molar-refractivity contribution >= 4 is 22.3 Å². The Balaban J connectivity index is 2.79. The van der Waals surface area contributed by atoms with E-state index in [1.54, 1.807) is 13.0 Å². The zero-order valence-corrected chi connectivity index (χ0v) is 8.52. The topological polar surface area (TPSA) is 39.4 Å². The van der Waals surface area contributed by atoms with Crippen LogP contribution >= 0.6 is 10.5 Å². The van der Waals surface area contributed by atoms with Crippen molar-refractivity contribution in [3.63, 3.8) is 0 Å². The van der Waals surface area contributed by atoms with Gasteiger partial charge in [-0.05, 0) is 13.2 Å². The number of rotatable bonds is 3. The van der Waals surface area contributed by atoms with Gasteiger partial charge in [-0.2, -0.15) is 0 Å². The SMILES string of the molecule is C=S(C)c1cc(C(=O)OCC)co1. The molecular formula is C9H12O3S. The molecule has 0 aliphatic heterocycles. The van der Waals surface area contributed by atoms with Crippen LogP contribution in [-0.4, -0.2) is 24.7 Å². The first-order valence-electron chi connectivity index (χ1n) is 3.86. The number of hydrogen-bond donors (Lipinski definition) is 0. The number of esters is 1. The van der Waals surface area contributed by atoms with Crippen LogP contribution in [0.5, 0.6) is 0 Å². The van der Waals surface area contributed by atoms with E-state index < -0.39 is 0 Å². The molecule has 0 bridgehead atoms. The third-order valence-electron chi connectivity index (χ3n) is 1.43. The second-order valence-corrected chi connectivity index (χ2v) is 4.19. The van der Waals surface area contributed by atoms with Crippen LogP contribution in [0.15, 0.2) is 21.8 Å². The first-order valence-corrected chi connectivity index (χ1v) is 5.66. The summed E-state index contributed by atoms with van der Waals surface area (Å²) in [5, 5.41) is 0.725. The van der Waals surface area contributed by atoms with Gasteiger partial charge >= 0.3 is 5.97 Å². The third-order valence-corrected chi connectivity index (χ3v) is 2.33. The van der Waals surface area contributed by atoms with E-state index in [4.69, 9.17) is 9.15 Å². The van der Waals surface area contributed by atoms with E-state index in [2.05, 4.69) is 5.87 Å². The Hall–Kier alpha value is -1.03. The quantitative estimate of drug-likeness (QED) is 0.554. The molecule has 3 nitrogen and oxygen atoms in total. The van der Waals surface area contributed by atoms with Crippen LogP contribution < -0.4 is 0 Å². The van der Waals surface area contributed by atoms with Crippen LogP contribution in [0.3, 0.4) is 0 Å². The molecule has 1 atom stereocenters. The largest absolute Gasteiger partial charge is 0.462 e. The molecule has 0 aromatic carbocycles. The standard InChI is InChI=1S/C9H12O3S/c1-4-11-9(10)7-5-8(12-6-7)13(2)3/h5-6H,2,4H2,1,3H3. The van der Waals surface area contributed by atoms with E-state index in [1.165, 1.54) is 6.26 Å². The van der Waals surface area contributed by atoms with Crippen molar-refractivity contribution < 1.29 is 13.9 Å². The predicted octanol–water partition coefficient (Wildman–Crippen LogP) is 2.15. The van der Waals surface area contributed by atoms with Gasteiger partial charge in [-0.25, -0.2) is 4.79 Å². The Kier molecular flexibility index (Phi) is 3.31. The molecule has 0 fully saturated rings. The number of carbonyl (C=O) groups is 1. The highest BCUT2D eigenvalue weighted by Crippen LogP contribution is 2.23. The first kappa shape index (κ1) is 10.1. The molecule has 0 N–H and O–H groups in total.